The van der Waals surface area contributed by atoms with Crippen LogP contribution in [-0.4, -0.2) is 23.3 Å². The van der Waals surface area contributed by atoms with Gasteiger partial charge in [0.2, 0.25) is 0 Å². The summed E-state index contributed by atoms with van der Waals surface area (Å²) < 4.78 is 13.8. The number of nitrogens with zero attached hydrogens (tertiary/aromatic N) is 3. The van der Waals surface area contributed by atoms with Crippen molar-refractivity contribution >= 4 is 27.3 Å². The van der Waals surface area contributed by atoms with Crippen LogP contribution >= 0.6 is 0 Å². The van der Waals surface area contributed by atoms with Gasteiger partial charge in [-0.3, -0.25) is 4.79 Å². The molecule has 1 atom stereocenters. The lowest BCUT2D eigenvalue weighted by atomic mass is 10.2. The summed E-state index contributed by atoms with van der Waals surface area (Å²) in [4.78, 5) is 20.8. The molecule has 2 aromatic heterocycles. The van der Waals surface area contributed by atoms with Gasteiger partial charge in [0, 0.05) is 18.3 Å². The number of carbonyl (C=O) groups is 1. The van der Waals surface area contributed by atoms with Crippen LogP contribution in [0, 0.1) is 6.92 Å². The van der Waals surface area contributed by atoms with E-state index in [1.807, 2.05) is 19.1 Å². The summed E-state index contributed by atoms with van der Waals surface area (Å²) in [6.45, 7) is 2.20. The largest absolute Gasteiger partial charge is 0.325 e. The highest BCUT2D eigenvalue weighted by Crippen LogP contribution is 2.15. The first-order valence-corrected chi connectivity index (χ1v) is 7.77. The lowest BCUT2D eigenvalue weighted by Gasteiger charge is -2.04. The SMILES string of the molecule is Cc1ccc(C(=O)S(=O)n2ccc3nc(CN)cnc32)cc1. The molecule has 0 aliphatic rings. The number of fused-ring (bicyclic) bond motifs is 1. The molecule has 0 radical (unpaired) electrons. The zero-order chi connectivity index (χ0) is 15.7. The minimum Gasteiger partial charge on any atom is -0.325 e. The van der Waals surface area contributed by atoms with E-state index >= 15 is 0 Å². The highest BCUT2D eigenvalue weighted by molar-refractivity contribution is 7.99. The van der Waals surface area contributed by atoms with Gasteiger partial charge in [0.1, 0.15) is 5.52 Å². The van der Waals surface area contributed by atoms with Crippen molar-refractivity contribution in [1.29, 1.82) is 0 Å². The monoisotopic (exact) mass is 314 g/mol. The molecule has 0 aliphatic carbocycles. The normalized spacial score (nSPS) is 12.5. The van der Waals surface area contributed by atoms with Crippen LogP contribution in [0.1, 0.15) is 21.6 Å². The van der Waals surface area contributed by atoms with Crippen LogP contribution in [0.5, 0.6) is 0 Å². The molecule has 0 saturated carbocycles. The average molecular weight is 314 g/mol. The van der Waals surface area contributed by atoms with Crippen LogP contribution in [0.25, 0.3) is 11.2 Å². The second-order valence-electron chi connectivity index (χ2n) is 4.82. The van der Waals surface area contributed by atoms with Crippen LogP contribution in [0.2, 0.25) is 0 Å². The van der Waals surface area contributed by atoms with E-state index in [4.69, 9.17) is 5.73 Å². The first kappa shape index (κ1) is 14.6. The molecule has 0 fully saturated rings. The number of aryl methyl sites for hydroxylation is 1. The Balaban J connectivity index is 1.98. The van der Waals surface area contributed by atoms with Crippen molar-refractivity contribution in [1.82, 2.24) is 13.9 Å². The minimum atomic E-state index is -1.89. The Morgan fingerprint density at radius 2 is 2.00 bits per heavy atom. The number of nitrogens with two attached hydrogens (primary N) is 1. The maximum atomic E-state index is 12.5. The van der Waals surface area contributed by atoms with Crippen molar-refractivity contribution in [2.75, 3.05) is 0 Å². The lowest BCUT2D eigenvalue weighted by molar-refractivity contribution is 0.108. The number of carbonyl (C=O) groups excluding carboxylic acids is 1. The van der Waals surface area contributed by atoms with Crippen molar-refractivity contribution in [2.24, 2.45) is 5.73 Å². The molecule has 112 valence electrons. The fraction of sp³-hybridized carbons (Fsp3) is 0.133. The van der Waals surface area contributed by atoms with Crippen molar-refractivity contribution in [3.05, 3.63) is 59.5 Å². The van der Waals surface area contributed by atoms with Gasteiger partial charge in [0.15, 0.2) is 16.6 Å². The number of hydrogen-bond donors (Lipinski definition) is 1. The second kappa shape index (κ2) is 5.78. The Kier molecular flexibility index (Phi) is 3.82. The van der Waals surface area contributed by atoms with E-state index in [-0.39, 0.29) is 6.54 Å². The molecule has 1 aromatic carbocycles. The van der Waals surface area contributed by atoms with Crippen LogP contribution in [0.15, 0.2) is 42.7 Å². The van der Waals surface area contributed by atoms with Gasteiger partial charge in [-0.2, -0.15) is 0 Å². The molecular weight excluding hydrogens is 300 g/mol. The van der Waals surface area contributed by atoms with Crippen LogP contribution in [0.3, 0.4) is 0 Å². The summed E-state index contributed by atoms with van der Waals surface area (Å²) in [7, 11) is -1.89. The molecule has 6 nitrogen and oxygen atoms in total. The average Bonchev–Trinajstić information content (AvgIpc) is 2.97. The maximum absolute atomic E-state index is 12.5. The van der Waals surface area contributed by atoms with Gasteiger partial charge < -0.3 is 5.73 Å². The third-order valence-corrected chi connectivity index (χ3v) is 4.44. The van der Waals surface area contributed by atoms with Gasteiger partial charge in [0.05, 0.1) is 11.9 Å². The van der Waals surface area contributed by atoms with Gasteiger partial charge in [-0.05, 0) is 13.0 Å². The predicted octanol–water partition coefficient (Wildman–Crippen LogP) is 1.55. The molecular formula is C15H14N4O2S. The Bertz CT molecular complexity index is 871. The first-order valence-electron chi connectivity index (χ1n) is 6.66. The quantitative estimate of drug-likeness (QED) is 0.792. The zero-order valence-electron chi connectivity index (χ0n) is 11.9. The number of benzene rings is 1. The van der Waals surface area contributed by atoms with Crippen molar-refractivity contribution < 1.29 is 9.00 Å². The standard InChI is InChI=1S/C15H14N4O2S/c1-10-2-4-11(5-3-10)15(20)22(21)19-7-6-13-14(19)17-9-12(8-16)18-13/h2-7,9H,8,16H2,1H3. The van der Waals surface area contributed by atoms with Crippen LogP contribution in [-0.2, 0) is 17.5 Å². The zero-order valence-corrected chi connectivity index (χ0v) is 12.7. The fourth-order valence-corrected chi connectivity index (χ4v) is 3.02. The van der Waals surface area contributed by atoms with Crippen molar-refractivity contribution in [3.63, 3.8) is 0 Å². The molecule has 3 rings (SSSR count). The third-order valence-electron chi connectivity index (χ3n) is 3.24. The number of hydrogen-bond acceptors (Lipinski definition) is 5. The Hall–Kier alpha value is -2.38. The Labute approximate surface area is 129 Å². The van der Waals surface area contributed by atoms with E-state index < -0.39 is 16.1 Å². The van der Waals surface area contributed by atoms with E-state index in [2.05, 4.69) is 9.97 Å². The molecule has 22 heavy (non-hydrogen) atoms. The molecule has 3 aromatic rings. The molecule has 1 unspecified atom stereocenters. The summed E-state index contributed by atoms with van der Waals surface area (Å²) >= 11 is 0. The Morgan fingerprint density at radius 3 is 2.68 bits per heavy atom. The molecule has 0 saturated heterocycles. The van der Waals surface area contributed by atoms with E-state index in [0.717, 1.165) is 5.56 Å². The summed E-state index contributed by atoms with van der Waals surface area (Å²) in [6.07, 6.45) is 3.07. The predicted molar refractivity (Wildman–Crippen MR) is 84.5 cm³/mol. The summed E-state index contributed by atoms with van der Waals surface area (Å²) in [5.41, 5.74) is 8.56. The van der Waals surface area contributed by atoms with E-state index in [1.54, 1.807) is 24.4 Å². The van der Waals surface area contributed by atoms with Gasteiger partial charge in [0.25, 0.3) is 5.12 Å². The number of aromatic nitrogens is 3. The van der Waals surface area contributed by atoms with E-state index in [0.29, 0.717) is 22.4 Å². The molecule has 0 spiro atoms. The summed E-state index contributed by atoms with van der Waals surface area (Å²) in [5, 5.41) is -0.470. The Morgan fingerprint density at radius 1 is 1.27 bits per heavy atom. The molecule has 0 aliphatic heterocycles. The van der Waals surface area contributed by atoms with Gasteiger partial charge in [-0.25, -0.2) is 18.1 Å². The molecule has 2 N–H and O–H groups in total. The van der Waals surface area contributed by atoms with Gasteiger partial charge in [-0.15, -0.1) is 0 Å². The van der Waals surface area contributed by atoms with Crippen molar-refractivity contribution in [2.45, 2.75) is 13.5 Å². The van der Waals surface area contributed by atoms with Crippen LogP contribution < -0.4 is 5.73 Å². The molecule has 2 heterocycles. The molecule has 7 heteroatoms. The topological polar surface area (TPSA) is 90.9 Å². The molecule has 0 amide bonds. The van der Waals surface area contributed by atoms with Gasteiger partial charge >= 0.3 is 0 Å². The lowest BCUT2D eigenvalue weighted by Crippen LogP contribution is -2.15. The van der Waals surface area contributed by atoms with E-state index in [1.165, 1.54) is 10.2 Å². The highest BCUT2D eigenvalue weighted by atomic mass is 32.2. The maximum Gasteiger partial charge on any atom is 0.270 e. The third kappa shape index (κ3) is 2.56. The van der Waals surface area contributed by atoms with E-state index in [9.17, 15) is 9.00 Å². The summed E-state index contributed by atoms with van der Waals surface area (Å²) in [5.74, 6) is 0. The second-order valence-corrected chi connectivity index (χ2v) is 6.08. The number of rotatable bonds is 3. The molecule has 0 bridgehead atoms. The fourth-order valence-electron chi connectivity index (χ4n) is 2.04. The van der Waals surface area contributed by atoms with Crippen LogP contribution in [0.4, 0.5) is 0 Å². The van der Waals surface area contributed by atoms with Gasteiger partial charge in [-0.1, -0.05) is 29.8 Å². The first-order chi connectivity index (χ1) is 10.6. The minimum absolute atomic E-state index is 0.277. The smallest absolute Gasteiger partial charge is 0.270 e. The highest BCUT2D eigenvalue weighted by Gasteiger charge is 2.19. The summed E-state index contributed by atoms with van der Waals surface area (Å²) in [6, 6.07) is 8.62. The van der Waals surface area contributed by atoms with Crippen molar-refractivity contribution in [3.8, 4) is 0 Å².